The number of aryl methyl sites for hydroxylation is 1. The van der Waals surface area contributed by atoms with Crippen molar-refractivity contribution in [2.24, 2.45) is 5.73 Å². The van der Waals surface area contributed by atoms with Crippen LogP contribution in [-0.2, 0) is 17.7 Å². The molecule has 2 N–H and O–H groups in total. The van der Waals surface area contributed by atoms with Gasteiger partial charge in [0.15, 0.2) is 0 Å². The molecule has 0 aliphatic carbocycles. The Hall–Kier alpha value is -0.870. The average molecular weight is 211 g/mol. The van der Waals surface area contributed by atoms with Gasteiger partial charge in [0.25, 0.3) is 0 Å². The van der Waals surface area contributed by atoms with E-state index in [4.69, 9.17) is 10.5 Å². The highest BCUT2D eigenvalue weighted by molar-refractivity contribution is 5.08. The summed E-state index contributed by atoms with van der Waals surface area (Å²) < 4.78 is 7.26. The molecule has 1 aromatic rings. The van der Waals surface area contributed by atoms with Crippen molar-refractivity contribution in [3.05, 3.63) is 18.0 Å². The van der Waals surface area contributed by atoms with E-state index in [-0.39, 0.29) is 5.54 Å². The van der Waals surface area contributed by atoms with Gasteiger partial charge in [0, 0.05) is 24.9 Å². The summed E-state index contributed by atoms with van der Waals surface area (Å²) in [6.07, 6.45) is 4.71. The van der Waals surface area contributed by atoms with E-state index in [1.807, 2.05) is 30.9 Å². The summed E-state index contributed by atoms with van der Waals surface area (Å²) in [4.78, 5) is 0. The van der Waals surface area contributed by atoms with Crippen LogP contribution in [0.1, 0.15) is 26.3 Å². The molecule has 1 unspecified atom stereocenters. The Morgan fingerprint density at radius 2 is 2.27 bits per heavy atom. The fourth-order valence-electron chi connectivity index (χ4n) is 1.52. The molecule has 0 bridgehead atoms. The van der Waals surface area contributed by atoms with Crippen molar-refractivity contribution >= 4 is 0 Å². The Kier molecular flexibility index (Phi) is 4.29. The lowest BCUT2D eigenvalue weighted by molar-refractivity contribution is 0.101. The van der Waals surface area contributed by atoms with Crippen molar-refractivity contribution in [2.45, 2.75) is 39.3 Å². The molecule has 0 saturated heterocycles. The number of hydrogen-bond donors (Lipinski definition) is 1. The normalized spacial score (nSPS) is 15.2. The van der Waals surface area contributed by atoms with Gasteiger partial charge in [0.1, 0.15) is 0 Å². The largest absolute Gasteiger partial charge is 0.380 e. The minimum Gasteiger partial charge on any atom is -0.380 e. The summed E-state index contributed by atoms with van der Waals surface area (Å²) >= 11 is 0. The first-order valence-electron chi connectivity index (χ1n) is 5.45. The predicted octanol–water partition coefficient (Wildman–Crippen LogP) is 1.20. The van der Waals surface area contributed by atoms with Crippen molar-refractivity contribution in [2.75, 3.05) is 13.2 Å². The SMILES string of the molecule is CCOCC(C)(N)Cc1cnn(CC)c1. The van der Waals surface area contributed by atoms with Crippen LogP contribution >= 0.6 is 0 Å². The summed E-state index contributed by atoms with van der Waals surface area (Å²) in [5.41, 5.74) is 6.98. The first kappa shape index (κ1) is 12.2. The zero-order valence-electron chi connectivity index (χ0n) is 9.86. The number of ether oxygens (including phenoxy) is 1. The first-order valence-corrected chi connectivity index (χ1v) is 5.45. The standard InChI is InChI=1S/C11H21N3O/c1-4-14-8-10(7-13-14)6-11(3,12)9-15-5-2/h7-8H,4-6,9,12H2,1-3H3. The van der Waals surface area contributed by atoms with Crippen molar-refractivity contribution < 1.29 is 4.74 Å². The van der Waals surface area contributed by atoms with E-state index in [0.717, 1.165) is 13.0 Å². The average Bonchev–Trinajstić information content (AvgIpc) is 2.62. The summed E-state index contributed by atoms with van der Waals surface area (Å²) in [6.45, 7) is 8.24. The van der Waals surface area contributed by atoms with E-state index in [9.17, 15) is 0 Å². The fraction of sp³-hybridized carbons (Fsp3) is 0.727. The van der Waals surface area contributed by atoms with Gasteiger partial charge in [0.2, 0.25) is 0 Å². The molecule has 0 amide bonds. The molecule has 4 nitrogen and oxygen atoms in total. The minimum absolute atomic E-state index is 0.308. The molecule has 0 spiro atoms. The Labute approximate surface area is 91.4 Å². The molecule has 1 rings (SSSR count). The second kappa shape index (κ2) is 5.28. The van der Waals surface area contributed by atoms with Crippen LogP contribution in [0.5, 0.6) is 0 Å². The van der Waals surface area contributed by atoms with E-state index in [0.29, 0.717) is 13.2 Å². The van der Waals surface area contributed by atoms with Crippen LogP contribution < -0.4 is 5.73 Å². The minimum atomic E-state index is -0.308. The van der Waals surface area contributed by atoms with Gasteiger partial charge < -0.3 is 10.5 Å². The zero-order valence-corrected chi connectivity index (χ0v) is 9.86. The molecule has 1 aromatic heterocycles. The maximum atomic E-state index is 6.12. The lowest BCUT2D eigenvalue weighted by Crippen LogP contribution is -2.43. The van der Waals surface area contributed by atoms with Crippen molar-refractivity contribution in [3.63, 3.8) is 0 Å². The number of nitrogens with zero attached hydrogens (tertiary/aromatic N) is 2. The van der Waals surface area contributed by atoms with E-state index in [1.54, 1.807) is 0 Å². The van der Waals surface area contributed by atoms with Gasteiger partial charge >= 0.3 is 0 Å². The van der Waals surface area contributed by atoms with E-state index < -0.39 is 0 Å². The van der Waals surface area contributed by atoms with Gasteiger partial charge in [-0.2, -0.15) is 5.10 Å². The quantitative estimate of drug-likeness (QED) is 0.769. The number of rotatable bonds is 6. The van der Waals surface area contributed by atoms with Crippen molar-refractivity contribution in [3.8, 4) is 0 Å². The number of nitrogens with two attached hydrogens (primary N) is 1. The third-order valence-corrected chi connectivity index (χ3v) is 2.25. The molecule has 15 heavy (non-hydrogen) atoms. The van der Waals surface area contributed by atoms with Crippen LogP contribution in [0.2, 0.25) is 0 Å². The molecule has 0 aliphatic rings. The van der Waals surface area contributed by atoms with E-state index in [1.165, 1.54) is 5.56 Å². The molecule has 0 radical (unpaired) electrons. The highest BCUT2D eigenvalue weighted by atomic mass is 16.5. The maximum absolute atomic E-state index is 6.12. The molecule has 0 saturated carbocycles. The molecule has 1 atom stereocenters. The van der Waals surface area contributed by atoms with Gasteiger partial charge in [-0.15, -0.1) is 0 Å². The predicted molar refractivity (Wildman–Crippen MR) is 60.7 cm³/mol. The molecular formula is C11H21N3O. The van der Waals surface area contributed by atoms with Crippen LogP contribution in [0.3, 0.4) is 0 Å². The van der Waals surface area contributed by atoms with Crippen LogP contribution in [-0.4, -0.2) is 28.5 Å². The van der Waals surface area contributed by atoms with E-state index in [2.05, 4.69) is 12.0 Å². The smallest absolute Gasteiger partial charge is 0.0646 e. The van der Waals surface area contributed by atoms with Crippen LogP contribution in [0, 0.1) is 0 Å². The lowest BCUT2D eigenvalue weighted by Gasteiger charge is -2.23. The first-order chi connectivity index (χ1) is 7.07. The molecule has 1 heterocycles. The monoisotopic (exact) mass is 211 g/mol. The van der Waals surface area contributed by atoms with Gasteiger partial charge in [-0.05, 0) is 32.8 Å². The highest BCUT2D eigenvalue weighted by Crippen LogP contribution is 2.10. The Bertz CT molecular complexity index is 294. The zero-order chi connectivity index (χ0) is 11.3. The number of aromatic nitrogens is 2. The third-order valence-electron chi connectivity index (χ3n) is 2.25. The van der Waals surface area contributed by atoms with Crippen LogP contribution in [0.25, 0.3) is 0 Å². The molecule has 4 heteroatoms. The molecule has 0 aliphatic heterocycles. The summed E-state index contributed by atoms with van der Waals surface area (Å²) in [7, 11) is 0. The van der Waals surface area contributed by atoms with Gasteiger partial charge in [-0.3, -0.25) is 4.68 Å². The lowest BCUT2D eigenvalue weighted by atomic mass is 9.97. The van der Waals surface area contributed by atoms with E-state index >= 15 is 0 Å². The third kappa shape index (κ3) is 4.01. The Balaban J connectivity index is 2.52. The van der Waals surface area contributed by atoms with Gasteiger partial charge in [0.05, 0.1) is 12.8 Å². The molecule has 0 aromatic carbocycles. The van der Waals surface area contributed by atoms with Crippen molar-refractivity contribution in [1.82, 2.24) is 9.78 Å². The maximum Gasteiger partial charge on any atom is 0.0646 e. The van der Waals surface area contributed by atoms with Gasteiger partial charge in [-0.1, -0.05) is 0 Å². The molecular weight excluding hydrogens is 190 g/mol. The second-order valence-electron chi connectivity index (χ2n) is 4.17. The Morgan fingerprint density at radius 3 is 2.80 bits per heavy atom. The summed E-state index contributed by atoms with van der Waals surface area (Å²) in [5, 5.41) is 4.22. The fourth-order valence-corrected chi connectivity index (χ4v) is 1.52. The second-order valence-corrected chi connectivity index (χ2v) is 4.17. The number of hydrogen-bond acceptors (Lipinski definition) is 3. The van der Waals surface area contributed by atoms with Gasteiger partial charge in [-0.25, -0.2) is 0 Å². The topological polar surface area (TPSA) is 53.1 Å². The highest BCUT2D eigenvalue weighted by Gasteiger charge is 2.19. The Morgan fingerprint density at radius 1 is 1.53 bits per heavy atom. The molecule has 0 fully saturated rings. The van der Waals surface area contributed by atoms with Crippen molar-refractivity contribution in [1.29, 1.82) is 0 Å². The summed E-state index contributed by atoms with van der Waals surface area (Å²) in [6, 6.07) is 0. The molecule has 86 valence electrons. The summed E-state index contributed by atoms with van der Waals surface area (Å²) in [5.74, 6) is 0. The van der Waals surface area contributed by atoms with Crippen LogP contribution in [0.4, 0.5) is 0 Å². The van der Waals surface area contributed by atoms with Crippen LogP contribution in [0.15, 0.2) is 12.4 Å².